The van der Waals surface area contributed by atoms with Gasteiger partial charge in [-0.2, -0.15) is 0 Å². The molecule has 1 heterocycles. The van der Waals surface area contributed by atoms with Crippen LogP contribution in [-0.2, 0) is 16.1 Å². The van der Waals surface area contributed by atoms with E-state index in [9.17, 15) is 14.9 Å². The molecule has 1 fully saturated rings. The quantitative estimate of drug-likeness (QED) is 0.598. The number of hydrogen-bond acceptors (Lipinski definition) is 4. The minimum Gasteiger partial charge on any atom is -0.375 e. The van der Waals surface area contributed by atoms with Crippen LogP contribution in [0.25, 0.3) is 0 Å². The van der Waals surface area contributed by atoms with E-state index in [0.29, 0.717) is 19.1 Å². The second kappa shape index (κ2) is 7.35. The number of amides is 1. The van der Waals surface area contributed by atoms with Crippen molar-refractivity contribution in [3.05, 3.63) is 39.9 Å². The molecule has 120 valence electrons. The lowest BCUT2D eigenvalue weighted by atomic mass is 10.1. The number of ether oxygens (including phenoxy) is 1. The van der Waals surface area contributed by atoms with E-state index in [0.717, 1.165) is 24.8 Å². The Morgan fingerprint density at radius 1 is 1.36 bits per heavy atom. The highest BCUT2D eigenvalue weighted by atomic mass is 16.6. The van der Waals surface area contributed by atoms with Gasteiger partial charge in [-0.05, 0) is 31.7 Å². The van der Waals surface area contributed by atoms with Crippen molar-refractivity contribution in [2.24, 2.45) is 0 Å². The van der Waals surface area contributed by atoms with Crippen LogP contribution in [0.2, 0.25) is 0 Å². The Morgan fingerprint density at radius 3 is 2.59 bits per heavy atom. The van der Waals surface area contributed by atoms with E-state index in [1.54, 1.807) is 24.1 Å². The molecule has 1 aliphatic rings. The first-order valence-electron chi connectivity index (χ1n) is 7.58. The Hall–Kier alpha value is -1.95. The van der Waals surface area contributed by atoms with E-state index < -0.39 is 4.92 Å². The predicted molar refractivity (Wildman–Crippen MR) is 82.4 cm³/mol. The SMILES string of the molecule is C[C@H]1CC[C@@H](CCC(=O)N(C)Cc2ccc([N+](=O)[O-])cc2)O1. The molecule has 1 amide bonds. The van der Waals surface area contributed by atoms with Crippen LogP contribution in [0.3, 0.4) is 0 Å². The van der Waals surface area contributed by atoms with E-state index in [4.69, 9.17) is 4.74 Å². The molecule has 2 atom stereocenters. The molecular formula is C16H22N2O4. The number of nitro groups is 1. The van der Waals surface area contributed by atoms with Gasteiger partial charge in [0, 0.05) is 32.1 Å². The molecule has 0 spiro atoms. The van der Waals surface area contributed by atoms with Crippen LogP contribution < -0.4 is 0 Å². The molecule has 1 saturated heterocycles. The lowest BCUT2D eigenvalue weighted by Crippen LogP contribution is -2.27. The number of nitro benzene ring substituents is 1. The zero-order chi connectivity index (χ0) is 16.1. The summed E-state index contributed by atoms with van der Waals surface area (Å²) < 4.78 is 5.71. The first-order valence-corrected chi connectivity index (χ1v) is 7.58. The van der Waals surface area contributed by atoms with Gasteiger partial charge in [-0.15, -0.1) is 0 Å². The summed E-state index contributed by atoms with van der Waals surface area (Å²) in [5, 5.41) is 10.6. The van der Waals surface area contributed by atoms with Gasteiger partial charge >= 0.3 is 0 Å². The van der Waals surface area contributed by atoms with Gasteiger partial charge in [0.15, 0.2) is 0 Å². The standard InChI is InChI=1S/C16H22N2O4/c1-12-3-8-15(22-12)9-10-16(19)17(2)11-13-4-6-14(7-5-13)18(20)21/h4-7,12,15H,3,8-11H2,1-2H3/t12-,15-/m0/s1. The number of rotatable bonds is 6. The Balaban J connectivity index is 1.79. The van der Waals surface area contributed by atoms with Gasteiger partial charge in [0.1, 0.15) is 0 Å². The molecule has 0 radical (unpaired) electrons. The molecule has 0 N–H and O–H groups in total. The van der Waals surface area contributed by atoms with Crippen LogP contribution in [0.4, 0.5) is 5.69 Å². The van der Waals surface area contributed by atoms with Gasteiger partial charge in [0.25, 0.3) is 5.69 Å². The molecule has 0 bridgehead atoms. The van der Waals surface area contributed by atoms with E-state index in [-0.39, 0.29) is 17.7 Å². The zero-order valence-electron chi connectivity index (χ0n) is 13.0. The summed E-state index contributed by atoms with van der Waals surface area (Å²) in [6.07, 6.45) is 3.83. The topological polar surface area (TPSA) is 72.7 Å². The molecule has 1 aromatic carbocycles. The smallest absolute Gasteiger partial charge is 0.269 e. The number of carbonyl (C=O) groups is 1. The van der Waals surface area contributed by atoms with Crippen molar-refractivity contribution in [3.63, 3.8) is 0 Å². The van der Waals surface area contributed by atoms with Crippen LogP contribution >= 0.6 is 0 Å². The van der Waals surface area contributed by atoms with E-state index >= 15 is 0 Å². The van der Waals surface area contributed by atoms with Crippen LogP contribution in [0.15, 0.2) is 24.3 Å². The van der Waals surface area contributed by atoms with Gasteiger partial charge in [-0.25, -0.2) is 0 Å². The maximum atomic E-state index is 12.1. The highest BCUT2D eigenvalue weighted by Crippen LogP contribution is 2.23. The molecule has 0 aliphatic carbocycles. The molecular weight excluding hydrogens is 284 g/mol. The molecule has 6 nitrogen and oxygen atoms in total. The predicted octanol–water partition coefficient (Wildman–Crippen LogP) is 2.90. The van der Waals surface area contributed by atoms with Gasteiger partial charge in [0.2, 0.25) is 5.91 Å². The Kier molecular flexibility index (Phi) is 5.49. The van der Waals surface area contributed by atoms with E-state index in [1.807, 2.05) is 0 Å². The fraction of sp³-hybridized carbons (Fsp3) is 0.562. The molecule has 22 heavy (non-hydrogen) atoms. The average molecular weight is 306 g/mol. The molecule has 1 aliphatic heterocycles. The Bertz CT molecular complexity index is 529. The van der Waals surface area contributed by atoms with Crippen LogP contribution in [0.1, 0.15) is 38.2 Å². The maximum Gasteiger partial charge on any atom is 0.269 e. The van der Waals surface area contributed by atoms with Crippen LogP contribution in [0.5, 0.6) is 0 Å². The average Bonchev–Trinajstić information content (AvgIpc) is 2.91. The second-order valence-electron chi connectivity index (χ2n) is 5.86. The summed E-state index contributed by atoms with van der Waals surface area (Å²) in [6, 6.07) is 6.29. The molecule has 1 aromatic rings. The zero-order valence-corrected chi connectivity index (χ0v) is 13.0. The maximum absolute atomic E-state index is 12.1. The van der Waals surface area contributed by atoms with Gasteiger partial charge in [-0.1, -0.05) is 12.1 Å². The van der Waals surface area contributed by atoms with Gasteiger partial charge < -0.3 is 9.64 Å². The molecule has 0 unspecified atom stereocenters. The fourth-order valence-electron chi connectivity index (χ4n) is 2.66. The van der Waals surface area contributed by atoms with Crippen molar-refractivity contribution >= 4 is 11.6 Å². The summed E-state index contributed by atoms with van der Waals surface area (Å²) in [5.41, 5.74) is 0.942. The summed E-state index contributed by atoms with van der Waals surface area (Å²) in [7, 11) is 1.75. The van der Waals surface area contributed by atoms with Crippen molar-refractivity contribution in [2.75, 3.05) is 7.05 Å². The van der Waals surface area contributed by atoms with Crippen LogP contribution in [0, 0.1) is 10.1 Å². The van der Waals surface area contributed by atoms with Crippen molar-refractivity contribution in [2.45, 2.75) is 51.4 Å². The van der Waals surface area contributed by atoms with Gasteiger partial charge in [0.05, 0.1) is 17.1 Å². The van der Waals surface area contributed by atoms with Crippen molar-refractivity contribution < 1.29 is 14.5 Å². The summed E-state index contributed by atoms with van der Waals surface area (Å²) in [5.74, 6) is 0.0708. The third kappa shape index (κ3) is 4.53. The fourth-order valence-corrected chi connectivity index (χ4v) is 2.66. The van der Waals surface area contributed by atoms with Crippen molar-refractivity contribution in [1.29, 1.82) is 0 Å². The number of hydrogen-bond donors (Lipinski definition) is 0. The number of benzene rings is 1. The third-order valence-electron chi connectivity index (χ3n) is 3.99. The molecule has 0 saturated carbocycles. The Morgan fingerprint density at radius 2 is 2.05 bits per heavy atom. The minimum absolute atomic E-state index is 0.0604. The van der Waals surface area contributed by atoms with Crippen LogP contribution in [-0.4, -0.2) is 35.0 Å². The lowest BCUT2D eigenvalue weighted by Gasteiger charge is -2.18. The van der Waals surface area contributed by atoms with E-state index in [1.165, 1.54) is 12.1 Å². The first-order chi connectivity index (χ1) is 10.5. The largest absolute Gasteiger partial charge is 0.375 e. The number of carbonyl (C=O) groups excluding carboxylic acids is 1. The Labute approximate surface area is 130 Å². The van der Waals surface area contributed by atoms with Crippen molar-refractivity contribution in [3.8, 4) is 0 Å². The van der Waals surface area contributed by atoms with E-state index in [2.05, 4.69) is 6.92 Å². The minimum atomic E-state index is -0.429. The highest BCUT2D eigenvalue weighted by molar-refractivity contribution is 5.75. The molecule has 6 heteroatoms. The molecule has 0 aromatic heterocycles. The van der Waals surface area contributed by atoms with Gasteiger partial charge in [-0.3, -0.25) is 14.9 Å². The first kappa shape index (κ1) is 16.4. The lowest BCUT2D eigenvalue weighted by molar-refractivity contribution is -0.384. The summed E-state index contributed by atoms with van der Waals surface area (Å²) >= 11 is 0. The van der Waals surface area contributed by atoms with Crippen molar-refractivity contribution in [1.82, 2.24) is 4.90 Å². The second-order valence-corrected chi connectivity index (χ2v) is 5.86. The summed E-state index contributed by atoms with van der Waals surface area (Å²) in [6.45, 7) is 2.52. The number of nitrogens with zero attached hydrogens (tertiary/aromatic N) is 2. The monoisotopic (exact) mass is 306 g/mol. The normalized spacial score (nSPS) is 20.8. The molecule has 2 rings (SSSR count). The highest BCUT2D eigenvalue weighted by Gasteiger charge is 2.22. The third-order valence-corrected chi connectivity index (χ3v) is 3.99. The number of non-ortho nitro benzene ring substituents is 1. The summed E-state index contributed by atoms with van der Waals surface area (Å²) in [4.78, 5) is 24.0.